The van der Waals surface area contributed by atoms with E-state index in [2.05, 4.69) is 31.1 Å². The van der Waals surface area contributed by atoms with Crippen molar-refractivity contribution in [3.8, 4) is 11.4 Å². The average Bonchev–Trinajstić information content (AvgIpc) is 3.24. The second-order valence-corrected chi connectivity index (χ2v) is 6.80. The fourth-order valence-electron chi connectivity index (χ4n) is 3.69. The van der Waals surface area contributed by atoms with Crippen molar-refractivity contribution in [1.29, 1.82) is 0 Å². The Morgan fingerprint density at radius 2 is 1.67 bits per heavy atom. The van der Waals surface area contributed by atoms with Crippen molar-refractivity contribution in [3.05, 3.63) is 66.8 Å². The van der Waals surface area contributed by atoms with Crippen LogP contribution < -0.4 is 4.90 Å². The van der Waals surface area contributed by atoms with Crippen LogP contribution in [0.15, 0.2) is 65.4 Å². The summed E-state index contributed by atoms with van der Waals surface area (Å²) in [5, 5.41) is 5.26. The normalized spacial score (nSPS) is 15.3. The van der Waals surface area contributed by atoms with Gasteiger partial charge >= 0.3 is 0 Å². The molecule has 3 heterocycles. The van der Waals surface area contributed by atoms with Crippen molar-refractivity contribution < 1.29 is 4.52 Å². The van der Waals surface area contributed by atoms with Crippen molar-refractivity contribution in [2.24, 2.45) is 0 Å². The largest absolute Gasteiger partial charge is 0.356 e. The summed E-state index contributed by atoms with van der Waals surface area (Å²) in [5.41, 5.74) is 1.96. The van der Waals surface area contributed by atoms with Gasteiger partial charge in [0.05, 0.1) is 5.52 Å². The first-order valence-electron chi connectivity index (χ1n) is 9.22. The lowest BCUT2D eigenvalue weighted by Gasteiger charge is -2.31. The lowest BCUT2D eigenvalue weighted by atomic mass is 9.96. The third-order valence-electron chi connectivity index (χ3n) is 5.14. The topological polar surface area (TPSA) is 67.9 Å². The van der Waals surface area contributed by atoms with Crippen molar-refractivity contribution in [3.63, 3.8) is 0 Å². The molecule has 2 aromatic carbocycles. The summed E-state index contributed by atoms with van der Waals surface area (Å²) in [5.74, 6) is 2.70. The van der Waals surface area contributed by atoms with E-state index in [1.165, 1.54) is 0 Å². The van der Waals surface area contributed by atoms with E-state index in [1.807, 2.05) is 48.5 Å². The highest BCUT2D eigenvalue weighted by atomic mass is 16.5. The highest BCUT2D eigenvalue weighted by Gasteiger charge is 2.26. The SMILES string of the molecule is c1ccc(-c2noc(C3CCN(c4ncnc5ccccc45)CC3)n2)cc1. The van der Waals surface area contributed by atoms with Gasteiger partial charge in [-0.1, -0.05) is 47.6 Å². The summed E-state index contributed by atoms with van der Waals surface area (Å²) in [7, 11) is 0. The number of benzene rings is 2. The van der Waals surface area contributed by atoms with Gasteiger partial charge in [-0.05, 0) is 25.0 Å². The Morgan fingerprint density at radius 1 is 0.889 bits per heavy atom. The van der Waals surface area contributed by atoms with E-state index < -0.39 is 0 Å². The zero-order valence-corrected chi connectivity index (χ0v) is 14.8. The molecule has 0 amide bonds. The van der Waals surface area contributed by atoms with Crippen LogP contribution in [0.2, 0.25) is 0 Å². The first-order chi connectivity index (χ1) is 13.4. The minimum Gasteiger partial charge on any atom is -0.356 e. The number of anilines is 1. The zero-order chi connectivity index (χ0) is 18.1. The Morgan fingerprint density at radius 3 is 2.52 bits per heavy atom. The molecule has 0 unspecified atom stereocenters. The number of nitrogens with zero attached hydrogens (tertiary/aromatic N) is 5. The number of aromatic nitrogens is 4. The van der Waals surface area contributed by atoms with Crippen molar-refractivity contribution in [2.45, 2.75) is 18.8 Å². The molecule has 1 aliphatic heterocycles. The quantitative estimate of drug-likeness (QED) is 0.551. The van der Waals surface area contributed by atoms with Crippen molar-refractivity contribution >= 4 is 16.7 Å². The molecule has 1 aliphatic rings. The molecule has 6 heteroatoms. The minimum atomic E-state index is 0.291. The van der Waals surface area contributed by atoms with Gasteiger partial charge in [0.2, 0.25) is 11.7 Å². The summed E-state index contributed by atoms with van der Waals surface area (Å²) in [4.78, 5) is 15.9. The molecular formula is C21H19N5O. The van der Waals surface area contributed by atoms with E-state index in [0.29, 0.717) is 11.7 Å². The lowest BCUT2D eigenvalue weighted by Crippen LogP contribution is -2.33. The fraction of sp³-hybridized carbons (Fsp3) is 0.238. The van der Waals surface area contributed by atoms with Gasteiger partial charge in [0.1, 0.15) is 12.1 Å². The van der Waals surface area contributed by atoms with Crippen LogP contribution in [0, 0.1) is 0 Å². The number of hydrogen-bond acceptors (Lipinski definition) is 6. The highest BCUT2D eigenvalue weighted by Crippen LogP contribution is 2.32. The van der Waals surface area contributed by atoms with Crippen molar-refractivity contribution in [2.75, 3.05) is 18.0 Å². The van der Waals surface area contributed by atoms with Crippen LogP contribution in [0.4, 0.5) is 5.82 Å². The third kappa shape index (κ3) is 3.03. The summed E-state index contributed by atoms with van der Waals surface area (Å²) in [6.45, 7) is 1.82. The first kappa shape index (κ1) is 15.9. The minimum absolute atomic E-state index is 0.291. The van der Waals surface area contributed by atoms with Gasteiger partial charge < -0.3 is 9.42 Å². The Kier molecular flexibility index (Phi) is 4.01. The molecular weight excluding hydrogens is 338 g/mol. The molecule has 4 aromatic rings. The Bertz CT molecular complexity index is 1050. The molecule has 2 aromatic heterocycles. The van der Waals surface area contributed by atoms with Crippen LogP contribution >= 0.6 is 0 Å². The molecule has 1 saturated heterocycles. The number of para-hydroxylation sites is 1. The number of fused-ring (bicyclic) bond motifs is 1. The van der Waals surface area contributed by atoms with Crippen molar-refractivity contribution in [1.82, 2.24) is 20.1 Å². The first-order valence-corrected chi connectivity index (χ1v) is 9.22. The smallest absolute Gasteiger partial charge is 0.230 e. The summed E-state index contributed by atoms with van der Waals surface area (Å²) in [6.07, 6.45) is 3.58. The van der Waals surface area contributed by atoms with Gasteiger partial charge in [0.15, 0.2) is 0 Å². The van der Waals surface area contributed by atoms with Crippen LogP contribution in [0.1, 0.15) is 24.7 Å². The van der Waals surface area contributed by atoms with Crippen LogP contribution in [0.5, 0.6) is 0 Å². The summed E-state index contributed by atoms with van der Waals surface area (Å²) in [6, 6.07) is 18.1. The maximum Gasteiger partial charge on any atom is 0.230 e. The highest BCUT2D eigenvalue weighted by molar-refractivity contribution is 5.89. The predicted octanol–water partition coefficient (Wildman–Crippen LogP) is 4.06. The molecule has 0 atom stereocenters. The van der Waals surface area contributed by atoms with E-state index in [-0.39, 0.29) is 0 Å². The van der Waals surface area contributed by atoms with Crippen LogP contribution in [0.25, 0.3) is 22.3 Å². The van der Waals surface area contributed by atoms with E-state index >= 15 is 0 Å². The van der Waals surface area contributed by atoms with E-state index in [1.54, 1.807) is 6.33 Å². The molecule has 0 saturated carbocycles. The number of rotatable bonds is 3. The molecule has 0 aliphatic carbocycles. The molecule has 0 spiro atoms. The number of piperidine rings is 1. The van der Waals surface area contributed by atoms with Gasteiger partial charge in [0, 0.05) is 30.0 Å². The number of hydrogen-bond donors (Lipinski definition) is 0. The maximum absolute atomic E-state index is 5.56. The molecule has 5 rings (SSSR count). The molecule has 27 heavy (non-hydrogen) atoms. The molecule has 134 valence electrons. The predicted molar refractivity (Wildman–Crippen MR) is 103 cm³/mol. The Hall–Kier alpha value is -3.28. The van der Waals surface area contributed by atoms with Gasteiger partial charge in [0.25, 0.3) is 0 Å². The van der Waals surface area contributed by atoms with E-state index in [4.69, 9.17) is 4.52 Å². The Labute approximate surface area is 156 Å². The maximum atomic E-state index is 5.56. The summed E-state index contributed by atoms with van der Waals surface area (Å²) < 4.78 is 5.56. The zero-order valence-electron chi connectivity index (χ0n) is 14.8. The van der Waals surface area contributed by atoms with E-state index in [9.17, 15) is 0 Å². The molecule has 6 nitrogen and oxygen atoms in total. The van der Waals surface area contributed by atoms with Gasteiger partial charge in [-0.2, -0.15) is 4.98 Å². The fourth-order valence-corrected chi connectivity index (χ4v) is 3.69. The van der Waals surface area contributed by atoms with E-state index in [0.717, 1.165) is 54.1 Å². The van der Waals surface area contributed by atoms with Crippen LogP contribution in [-0.2, 0) is 0 Å². The van der Waals surface area contributed by atoms with Gasteiger partial charge in [-0.3, -0.25) is 0 Å². The Balaban J connectivity index is 1.33. The molecule has 0 N–H and O–H groups in total. The third-order valence-corrected chi connectivity index (χ3v) is 5.14. The molecule has 1 fully saturated rings. The average molecular weight is 357 g/mol. The van der Waals surface area contributed by atoms with Crippen LogP contribution in [-0.4, -0.2) is 33.2 Å². The summed E-state index contributed by atoms with van der Waals surface area (Å²) >= 11 is 0. The second-order valence-electron chi connectivity index (χ2n) is 6.80. The van der Waals surface area contributed by atoms with Gasteiger partial charge in [-0.15, -0.1) is 0 Å². The van der Waals surface area contributed by atoms with Crippen LogP contribution in [0.3, 0.4) is 0 Å². The molecule has 0 bridgehead atoms. The lowest BCUT2D eigenvalue weighted by molar-refractivity contribution is 0.329. The monoisotopic (exact) mass is 357 g/mol. The second kappa shape index (κ2) is 6.79. The van der Waals surface area contributed by atoms with Gasteiger partial charge in [-0.25, -0.2) is 9.97 Å². The molecule has 0 radical (unpaired) electrons. The standard InChI is InChI=1S/C21H19N5O/c1-2-6-15(7-3-1)19-24-21(27-25-19)16-10-12-26(13-11-16)20-17-8-4-5-9-18(17)22-14-23-20/h1-9,14,16H,10-13H2.